The van der Waals surface area contributed by atoms with Crippen LogP contribution < -0.4 is 14.8 Å². The number of nitrogens with one attached hydrogen (secondary N) is 1. The van der Waals surface area contributed by atoms with Gasteiger partial charge in [0.1, 0.15) is 6.61 Å². The van der Waals surface area contributed by atoms with Gasteiger partial charge in [-0.3, -0.25) is 9.48 Å². The molecule has 0 atom stereocenters. The molecule has 1 N–H and O–H groups in total. The molecule has 1 amide bonds. The molecule has 2 aromatic carbocycles. The van der Waals surface area contributed by atoms with E-state index in [0.29, 0.717) is 35.2 Å². The van der Waals surface area contributed by atoms with E-state index in [1.54, 1.807) is 25.3 Å². The van der Waals surface area contributed by atoms with Crippen molar-refractivity contribution in [2.45, 2.75) is 33.4 Å². The van der Waals surface area contributed by atoms with Gasteiger partial charge >= 0.3 is 0 Å². The summed E-state index contributed by atoms with van der Waals surface area (Å²) in [6.07, 6.45) is 0.799. The van der Waals surface area contributed by atoms with Crippen LogP contribution in [-0.2, 0) is 13.2 Å². The molecule has 0 fully saturated rings. The lowest BCUT2D eigenvalue weighted by Crippen LogP contribution is -2.25. The van der Waals surface area contributed by atoms with Gasteiger partial charge in [0.05, 0.1) is 12.8 Å². The quantitative estimate of drug-likeness (QED) is 0.508. The molecule has 0 bridgehead atoms. The Morgan fingerprint density at radius 2 is 1.87 bits per heavy atom. The molecule has 6 nitrogen and oxygen atoms in total. The molecular weight excluding hydrogens is 402 g/mol. The first-order valence-electron chi connectivity index (χ1n) is 9.81. The molecule has 30 heavy (non-hydrogen) atoms. The summed E-state index contributed by atoms with van der Waals surface area (Å²) in [5.41, 5.74) is 3.64. The lowest BCUT2D eigenvalue weighted by atomic mass is 10.2. The molecule has 0 radical (unpaired) electrons. The van der Waals surface area contributed by atoms with Crippen molar-refractivity contribution in [1.82, 2.24) is 15.1 Å². The molecule has 1 heterocycles. The molecule has 1 aromatic heterocycles. The van der Waals surface area contributed by atoms with Crippen LogP contribution >= 0.6 is 11.6 Å². The van der Waals surface area contributed by atoms with Crippen LogP contribution in [0.2, 0.25) is 5.02 Å². The third-order valence-corrected chi connectivity index (χ3v) is 4.92. The van der Waals surface area contributed by atoms with Crippen LogP contribution in [0.4, 0.5) is 0 Å². The molecule has 0 unspecified atom stereocenters. The van der Waals surface area contributed by atoms with E-state index in [-0.39, 0.29) is 5.91 Å². The molecular formula is C23H26ClN3O3. The number of nitrogens with zero attached hydrogens (tertiary/aromatic N) is 2. The molecule has 3 aromatic rings. The highest BCUT2D eigenvalue weighted by molar-refractivity contribution is 6.30. The number of methoxy groups -OCH3 is 1. The first kappa shape index (κ1) is 21.7. The lowest BCUT2D eigenvalue weighted by Gasteiger charge is -2.13. The van der Waals surface area contributed by atoms with Gasteiger partial charge in [-0.25, -0.2) is 0 Å². The van der Waals surface area contributed by atoms with E-state index >= 15 is 0 Å². The van der Waals surface area contributed by atoms with E-state index in [1.807, 2.05) is 48.9 Å². The lowest BCUT2D eigenvalue weighted by molar-refractivity contribution is 0.0952. The number of aromatic nitrogens is 2. The number of benzene rings is 2. The van der Waals surface area contributed by atoms with Crippen molar-refractivity contribution in [2.24, 2.45) is 0 Å². The van der Waals surface area contributed by atoms with Gasteiger partial charge in [0, 0.05) is 29.4 Å². The second-order valence-corrected chi connectivity index (χ2v) is 7.48. The fourth-order valence-electron chi connectivity index (χ4n) is 3.10. The van der Waals surface area contributed by atoms with Gasteiger partial charge in [0.15, 0.2) is 11.5 Å². The molecule has 3 rings (SSSR count). The zero-order valence-electron chi connectivity index (χ0n) is 17.4. The summed E-state index contributed by atoms with van der Waals surface area (Å²) in [4.78, 5) is 12.5. The summed E-state index contributed by atoms with van der Waals surface area (Å²) >= 11 is 5.91. The third-order valence-electron chi connectivity index (χ3n) is 4.67. The largest absolute Gasteiger partial charge is 0.493 e. The van der Waals surface area contributed by atoms with Crippen LogP contribution in [0.25, 0.3) is 0 Å². The molecule has 0 aliphatic rings. The number of amides is 1. The average molecular weight is 428 g/mol. The van der Waals surface area contributed by atoms with Crippen molar-refractivity contribution in [3.8, 4) is 11.5 Å². The SMILES string of the molecule is COc1cc(C(=O)NCCCn2nc(C)cc2C)ccc1OCc1ccc(Cl)cc1. The van der Waals surface area contributed by atoms with Gasteiger partial charge in [-0.15, -0.1) is 0 Å². The number of hydrogen-bond acceptors (Lipinski definition) is 4. The van der Waals surface area contributed by atoms with Crippen LogP contribution in [0.15, 0.2) is 48.5 Å². The van der Waals surface area contributed by atoms with E-state index in [4.69, 9.17) is 21.1 Å². The normalized spacial score (nSPS) is 10.7. The fourth-order valence-corrected chi connectivity index (χ4v) is 3.23. The topological polar surface area (TPSA) is 65.4 Å². The highest BCUT2D eigenvalue weighted by atomic mass is 35.5. The number of rotatable bonds is 9. The van der Waals surface area contributed by atoms with Crippen LogP contribution in [0, 0.1) is 13.8 Å². The van der Waals surface area contributed by atoms with Crippen molar-refractivity contribution in [3.63, 3.8) is 0 Å². The molecule has 0 saturated heterocycles. The number of aryl methyl sites for hydroxylation is 3. The van der Waals surface area contributed by atoms with Gasteiger partial charge in [0.25, 0.3) is 5.91 Å². The zero-order valence-corrected chi connectivity index (χ0v) is 18.2. The molecule has 0 aliphatic heterocycles. The van der Waals surface area contributed by atoms with Crippen molar-refractivity contribution in [2.75, 3.05) is 13.7 Å². The maximum absolute atomic E-state index is 12.5. The van der Waals surface area contributed by atoms with Crippen LogP contribution in [0.5, 0.6) is 11.5 Å². The molecule has 0 spiro atoms. The minimum Gasteiger partial charge on any atom is -0.493 e. The number of carbonyl (C=O) groups is 1. The zero-order chi connectivity index (χ0) is 21.5. The molecule has 158 valence electrons. The molecule has 0 aliphatic carbocycles. The first-order valence-corrected chi connectivity index (χ1v) is 10.2. The summed E-state index contributed by atoms with van der Waals surface area (Å²) in [5, 5.41) is 8.05. The highest BCUT2D eigenvalue weighted by Gasteiger charge is 2.11. The summed E-state index contributed by atoms with van der Waals surface area (Å²) < 4.78 is 13.2. The number of halogens is 1. The van der Waals surface area contributed by atoms with E-state index in [9.17, 15) is 4.79 Å². The van der Waals surface area contributed by atoms with E-state index < -0.39 is 0 Å². The average Bonchev–Trinajstić information content (AvgIpc) is 3.07. The van der Waals surface area contributed by atoms with Crippen LogP contribution in [0.3, 0.4) is 0 Å². The Hall–Kier alpha value is -2.99. The Balaban J connectivity index is 1.53. The Labute approximate surface area is 181 Å². The Kier molecular flexibility index (Phi) is 7.36. The van der Waals surface area contributed by atoms with E-state index in [2.05, 4.69) is 10.4 Å². The van der Waals surface area contributed by atoms with E-state index in [1.165, 1.54) is 0 Å². The van der Waals surface area contributed by atoms with Crippen molar-refractivity contribution >= 4 is 17.5 Å². The summed E-state index contributed by atoms with van der Waals surface area (Å²) in [5.74, 6) is 0.943. The van der Waals surface area contributed by atoms with Gasteiger partial charge in [-0.05, 0) is 62.2 Å². The molecule has 0 saturated carbocycles. The van der Waals surface area contributed by atoms with Gasteiger partial charge in [0.2, 0.25) is 0 Å². The highest BCUT2D eigenvalue weighted by Crippen LogP contribution is 2.29. The Morgan fingerprint density at radius 1 is 1.10 bits per heavy atom. The second-order valence-electron chi connectivity index (χ2n) is 7.04. The Morgan fingerprint density at radius 3 is 2.53 bits per heavy atom. The van der Waals surface area contributed by atoms with Gasteiger partial charge in [-0.2, -0.15) is 5.10 Å². The smallest absolute Gasteiger partial charge is 0.251 e. The second kappa shape index (κ2) is 10.2. The Bertz CT molecular complexity index is 999. The predicted octanol–water partition coefficient (Wildman–Crippen LogP) is 4.56. The van der Waals surface area contributed by atoms with Gasteiger partial charge < -0.3 is 14.8 Å². The first-order chi connectivity index (χ1) is 14.5. The fraction of sp³-hybridized carbons (Fsp3) is 0.304. The summed E-state index contributed by atoms with van der Waals surface area (Å²) in [6.45, 7) is 5.71. The van der Waals surface area contributed by atoms with Crippen molar-refractivity contribution in [1.29, 1.82) is 0 Å². The summed E-state index contributed by atoms with van der Waals surface area (Å²) in [6, 6.07) is 14.7. The standard InChI is InChI=1S/C23H26ClN3O3/c1-16-13-17(2)27(26-16)12-4-11-25-23(28)19-7-10-21(22(14-19)29-3)30-15-18-5-8-20(24)9-6-18/h5-10,13-14H,4,11-12,15H2,1-3H3,(H,25,28). The van der Waals surface area contributed by atoms with Crippen molar-refractivity contribution < 1.29 is 14.3 Å². The summed E-state index contributed by atoms with van der Waals surface area (Å²) in [7, 11) is 1.56. The maximum Gasteiger partial charge on any atom is 0.251 e. The van der Waals surface area contributed by atoms with Crippen LogP contribution in [-0.4, -0.2) is 29.3 Å². The van der Waals surface area contributed by atoms with E-state index in [0.717, 1.165) is 29.9 Å². The predicted molar refractivity (Wildman–Crippen MR) is 117 cm³/mol. The number of ether oxygens (including phenoxy) is 2. The van der Waals surface area contributed by atoms with Crippen LogP contribution in [0.1, 0.15) is 33.7 Å². The minimum atomic E-state index is -0.147. The number of hydrogen-bond donors (Lipinski definition) is 1. The van der Waals surface area contributed by atoms with Gasteiger partial charge in [-0.1, -0.05) is 23.7 Å². The maximum atomic E-state index is 12.5. The third kappa shape index (κ3) is 5.76. The van der Waals surface area contributed by atoms with Crippen molar-refractivity contribution in [3.05, 3.63) is 76.1 Å². The number of carbonyl (C=O) groups excluding carboxylic acids is 1. The monoisotopic (exact) mass is 427 g/mol. The minimum absolute atomic E-state index is 0.147. The molecule has 7 heteroatoms.